The third-order valence-electron chi connectivity index (χ3n) is 9.74. The van der Waals surface area contributed by atoms with Crippen LogP contribution in [0.5, 0.6) is 0 Å². The lowest BCUT2D eigenvalue weighted by Gasteiger charge is -2.42. The number of aromatic nitrogens is 2. The van der Waals surface area contributed by atoms with Gasteiger partial charge in [-0.2, -0.15) is 0 Å². The first-order chi connectivity index (χ1) is 18.2. The van der Waals surface area contributed by atoms with Crippen LogP contribution in [0.3, 0.4) is 0 Å². The quantitative estimate of drug-likeness (QED) is 0.472. The van der Waals surface area contributed by atoms with Gasteiger partial charge in [0.15, 0.2) is 0 Å². The first kappa shape index (κ1) is 24.9. The van der Waals surface area contributed by atoms with Gasteiger partial charge in [-0.1, -0.05) is 69.9 Å². The topological polar surface area (TPSA) is 58.4 Å². The summed E-state index contributed by atoms with van der Waals surface area (Å²) in [5.74, 6) is 1.53. The van der Waals surface area contributed by atoms with E-state index in [-0.39, 0.29) is 17.7 Å². The average molecular weight is 505 g/mol. The highest BCUT2D eigenvalue weighted by molar-refractivity contribution is 5.83. The van der Waals surface area contributed by atoms with Gasteiger partial charge in [0.2, 0.25) is 11.8 Å². The van der Waals surface area contributed by atoms with Crippen LogP contribution in [0.1, 0.15) is 114 Å². The molecule has 1 saturated heterocycles. The van der Waals surface area contributed by atoms with E-state index in [2.05, 4.69) is 26.5 Å². The van der Waals surface area contributed by atoms with Crippen LogP contribution in [-0.2, 0) is 16.1 Å². The summed E-state index contributed by atoms with van der Waals surface area (Å²) in [6, 6.07) is 9.38. The summed E-state index contributed by atoms with van der Waals surface area (Å²) < 4.78 is 2.18. The SMILES string of the molecule is O=C1CC(c2nc3ccccc3n2CC(=O)N(C2CCCCC2)C2CCCCC2)CN1C1CCCCC1. The van der Waals surface area contributed by atoms with Crippen molar-refractivity contribution in [2.24, 2.45) is 0 Å². The lowest BCUT2D eigenvalue weighted by atomic mass is 9.88. The second-order valence-electron chi connectivity index (χ2n) is 12.2. The Hall–Kier alpha value is -2.37. The second kappa shape index (κ2) is 11.2. The zero-order valence-electron chi connectivity index (χ0n) is 22.5. The molecule has 6 heteroatoms. The number of hydrogen-bond donors (Lipinski definition) is 0. The molecule has 0 spiro atoms. The summed E-state index contributed by atoms with van der Waals surface area (Å²) in [6.45, 7) is 1.09. The van der Waals surface area contributed by atoms with Crippen molar-refractivity contribution in [1.29, 1.82) is 0 Å². The van der Waals surface area contributed by atoms with Gasteiger partial charge in [-0.3, -0.25) is 9.59 Å². The zero-order valence-corrected chi connectivity index (χ0v) is 22.5. The van der Waals surface area contributed by atoms with Gasteiger partial charge in [-0.05, 0) is 50.7 Å². The Morgan fingerprint density at radius 2 is 1.43 bits per heavy atom. The average Bonchev–Trinajstić information content (AvgIpc) is 3.51. The fourth-order valence-electron chi connectivity index (χ4n) is 7.86. The van der Waals surface area contributed by atoms with E-state index in [4.69, 9.17) is 4.98 Å². The Balaban J connectivity index is 1.28. The molecule has 4 aliphatic rings. The first-order valence-electron chi connectivity index (χ1n) is 15.2. The molecule has 1 aromatic carbocycles. The number of amides is 2. The molecule has 2 aromatic rings. The van der Waals surface area contributed by atoms with Gasteiger partial charge in [0.1, 0.15) is 12.4 Å². The molecule has 0 N–H and O–H groups in total. The summed E-state index contributed by atoms with van der Waals surface area (Å²) >= 11 is 0. The number of hydrogen-bond acceptors (Lipinski definition) is 3. The van der Waals surface area contributed by atoms with Crippen LogP contribution in [0.2, 0.25) is 0 Å². The second-order valence-corrected chi connectivity index (χ2v) is 12.2. The lowest BCUT2D eigenvalue weighted by Crippen LogP contribution is -2.50. The molecule has 4 fully saturated rings. The number of carbonyl (C=O) groups is 2. The molecule has 2 amide bonds. The number of fused-ring (bicyclic) bond motifs is 1. The van der Waals surface area contributed by atoms with Crippen molar-refractivity contribution in [2.75, 3.05) is 6.54 Å². The molecule has 3 aliphatic carbocycles. The molecule has 200 valence electrons. The molecule has 1 atom stereocenters. The van der Waals surface area contributed by atoms with Crippen molar-refractivity contribution in [1.82, 2.24) is 19.4 Å². The smallest absolute Gasteiger partial charge is 0.243 e. The number of imidazole rings is 1. The Labute approximate surface area is 221 Å². The zero-order chi connectivity index (χ0) is 25.2. The summed E-state index contributed by atoms with van der Waals surface area (Å²) in [6.07, 6.45) is 18.7. The van der Waals surface area contributed by atoms with E-state index in [1.807, 2.05) is 12.1 Å². The monoisotopic (exact) mass is 504 g/mol. The van der Waals surface area contributed by atoms with Crippen molar-refractivity contribution in [3.63, 3.8) is 0 Å². The van der Waals surface area contributed by atoms with Gasteiger partial charge >= 0.3 is 0 Å². The van der Waals surface area contributed by atoms with E-state index in [1.165, 1.54) is 57.8 Å². The fraction of sp³-hybridized carbons (Fsp3) is 0.710. The van der Waals surface area contributed by atoms with Crippen molar-refractivity contribution >= 4 is 22.8 Å². The molecule has 37 heavy (non-hydrogen) atoms. The van der Waals surface area contributed by atoms with Gasteiger partial charge < -0.3 is 14.4 Å². The summed E-state index contributed by atoms with van der Waals surface area (Å²) in [5, 5.41) is 0. The normalized spacial score (nSPS) is 24.7. The maximum Gasteiger partial charge on any atom is 0.243 e. The summed E-state index contributed by atoms with van der Waals surface area (Å²) in [5.41, 5.74) is 1.97. The van der Waals surface area contributed by atoms with Crippen LogP contribution in [0.4, 0.5) is 0 Å². The van der Waals surface area contributed by atoms with E-state index in [1.54, 1.807) is 0 Å². The Morgan fingerprint density at radius 1 is 0.838 bits per heavy atom. The molecular formula is C31H44N4O2. The van der Waals surface area contributed by atoms with Gasteiger partial charge in [0.05, 0.1) is 11.0 Å². The highest BCUT2D eigenvalue weighted by Crippen LogP contribution is 2.36. The highest BCUT2D eigenvalue weighted by Gasteiger charge is 2.39. The largest absolute Gasteiger partial charge is 0.339 e. The minimum Gasteiger partial charge on any atom is -0.339 e. The van der Waals surface area contributed by atoms with Gasteiger partial charge in [-0.25, -0.2) is 4.98 Å². The van der Waals surface area contributed by atoms with Gasteiger partial charge in [0, 0.05) is 37.0 Å². The van der Waals surface area contributed by atoms with E-state index < -0.39 is 0 Å². The van der Waals surface area contributed by atoms with E-state index >= 15 is 0 Å². The Bertz CT molecular complexity index is 1070. The number of benzene rings is 1. The Morgan fingerprint density at radius 3 is 2.08 bits per heavy atom. The molecular weight excluding hydrogens is 460 g/mol. The summed E-state index contributed by atoms with van der Waals surface area (Å²) in [4.78, 5) is 36.9. The van der Waals surface area contributed by atoms with E-state index in [0.29, 0.717) is 31.1 Å². The molecule has 1 aliphatic heterocycles. The van der Waals surface area contributed by atoms with Crippen LogP contribution >= 0.6 is 0 Å². The maximum atomic E-state index is 14.2. The van der Waals surface area contributed by atoms with Crippen molar-refractivity contribution in [3.05, 3.63) is 30.1 Å². The predicted molar refractivity (Wildman–Crippen MR) is 146 cm³/mol. The van der Waals surface area contributed by atoms with Gasteiger partial charge in [-0.15, -0.1) is 0 Å². The third kappa shape index (κ3) is 5.18. The van der Waals surface area contributed by atoms with Crippen LogP contribution in [0.25, 0.3) is 11.0 Å². The summed E-state index contributed by atoms with van der Waals surface area (Å²) in [7, 11) is 0. The fourth-order valence-corrected chi connectivity index (χ4v) is 7.86. The number of para-hydroxylation sites is 2. The van der Waals surface area contributed by atoms with Crippen molar-refractivity contribution in [2.45, 2.75) is 133 Å². The molecule has 6 rings (SSSR count). The lowest BCUT2D eigenvalue weighted by molar-refractivity contribution is -0.138. The Kier molecular flexibility index (Phi) is 7.53. The molecule has 3 saturated carbocycles. The highest BCUT2D eigenvalue weighted by atomic mass is 16.2. The number of nitrogens with zero attached hydrogens (tertiary/aromatic N) is 4. The van der Waals surface area contributed by atoms with Crippen molar-refractivity contribution in [3.8, 4) is 0 Å². The van der Waals surface area contributed by atoms with Gasteiger partial charge in [0.25, 0.3) is 0 Å². The number of likely N-dealkylation sites (tertiary alicyclic amines) is 1. The maximum absolute atomic E-state index is 14.2. The molecule has 1 unspecified atom stereocenters. The molecule has 2 heterocycles. The molecule has 0 radical (unpaired) electrons. The number of carbonyl (C=O) groups excluding carboxylic acids is 2. The van der Waals surface area contributed by atoms with E-state index in [9.17, 15) is 9.59 Å². The number of rotatable bonds is 6. The molecule has 6 nitrogen and oxygen atoms in total. The first-order valence-corrected chi connectivity index (χ1v) is 15.2. The van der Waals surface area contributed by atoms with E-state index in [0.717, 1.165) is 61.9 Å². The minimum absolute atomic E-state index is 0.0624. The minimum atomic E-state index is 0.0624. The van der Waals surface area contributed by atoms with Crippen LogP contribution in [-0.4, -0.2) is 55.8 Å². The molecule has 1 aromatic heterocycles. The molecule has 0 bridgehead atoms. The third-order valence-corrected chi connectivity index (χ3v) is 9.74. The van der Waals surface area contributed by atoms with Crippen LogP contribution in [0, 0.1) is 0 Å². The predicted octanol–water partition coefficient (Wildman–Crippen LogP) is 6.18. The van der Waals surface area contributed by atoms with Crippen LogP contribution < -0.4 is 0 Å². The van der Waals surface area contributed by atoms with Crippen molar-refractivity contribution < 1.29 is 9.59 Å². The van der Waals surface area contributed by atoms with Crippen LogP contribution in [0.15, 0.2) is 24.3 Å². The standard InChI is InChI=1S/C31H44N4O2/c36-29-20-23(21-33(29)24-12-4-1-5-13-24)31-32-27-18-10-11-19-28(27)34(31)22-30(37)35(25-14-6-2-7-15-25)26-16-8-3-9-17-26/h10-11,18-19,23-26H,1-9,12-17,20-22H2.